The minimum absolute atomic E-state index is 0.185. The lowest BCUT2D eigenvalue weighted by atomic mass is 9.88. The first-order valence-electron chi connectivity index (χ1n) is 13.1. The highest BCUT2D eigenvalue weighted by Gasteiger charge is 2.55. The van der Waals surface area contributed by atoms with Crippen molar-refractivity contribution in [3.63, 3.8) is 0 Å². The van der Waals surface area contributed by atoms with E-state index in [0.29, 0.717) is 0 Å². The minimum atomic E-state index is -0.642. The van der Waals surface area contributed by atoms with E-state index in [4.69, 9.17) is 16.7 Å². The summed E-state index contributed by atoms with van der Waals surface area (Å²) in [6, 6.07) is 48.9. The van der Waals surface area contributed by atoms with E-state index in [0.717, 1.165) is 39.8 Å². The van der Waals surface area contributed by atoms with Crippen LogP contribution in [0.1, 0.15) is 28.4 Å². The third-order valence-corrected chi connectivity index (χ3v) is 9.06. The Balaban J connectivity index is 1.56. The first-order valence-corrected chi connectivity index (χ1v) is 14.4. The van der Waals surface area contributed by atoms with Gasteiger partial charge in [-0.25, -0.2) is 5.01 Å². The van der Waals surface area contributed by atoms with Crippen LogP contribution in [0.4, 0.5) is 11.4 Å². The molecule has 0 aliphatic carbocycles. The van der Waals surface area contributed by atoms with Crippen molar-refractivity contribution in [3.05, 3.63) is 161 Å². The molecule has 2 aliphatic rings. The molecule has 0 bridgehead atoms. The lowest BCUT2D eigenvalue weighted by Crippen LogP contribution is -2.54. The highest BCUT2D eigenvalue weighted by molar-refractivity contribution is 7.99. The van der Waals surface area contributed by atoms with E-state index in [2.05, 4.69) is 137 Å². The van der Waals surface area contributed by atoms with E-state index in [1.54, 1.807) is 0 Å². The van der Waals surface area contributed by atoms with Gasteiger partial charge in [0, 0.05) is 32.7 Å². The van der Waals surface area contributed by atoms with Gasteiger partial charge in [-0.2, -0.15) is 5.10 Å². The topological polar surface area (TPSA) is 18.8 Å². The fourth-order valence-electron chi connectivity index (χ4n) is 5.73. The second-order valence-corrected chi connectivity index (χ2v) is 11.5. The number of hydrazone groups is 1. The van der Waals surface area contributed by atoms with E-state index in [1.165, 1.54) is 10.5 Å². The minimum Gasteiger partial charge on any atom is -0.294 e. The van der Waals surface area contributed by atoms with Gasteiger partial charge in [0.25, 0.3) is 0 Å². The zero-order valence-corrected chi connectivity index (χ0v) is 22.8. The van der Waals surface area contributed by atoms with Crippen LogP contribution in [0.3, 0.4) is 0 Å². The van der Waals surface area contributed by atoms with Crippen LogP contribution in [0.15, 0.2) is 150 Å². The summed E-state index contributed by atoms with van der Waals surface area (Å²) < 4.78 is 0. The molecule has 190 valence electrons. The fraction of sp³-hybridized carbons (Fsp3) is 0.0882. The number of benzene rings is 5. The predicted molar refractivity (Wildman–Crippen MR) is 164 cm³/mol. The van der Waals surface area contributed by atoms with Crippen LogP contribution in [-0.4, -0.2) is 5.84 Å². The largest absolute Gasteiger partial charge is 0.294 e. The average Bonchev–Trinajstić information content (AvgIpc) is 3.26. The lowest BCUT2D eigenvalue weighted by molar-refractivity contribution is 0.407. The van der Waals surface area contributed by atoms with Gasteiger partial charge >= 0.3 is 0 Å². The van der Waals surface area contributed by atoms with Crippen molar-refractivity contribution < 1.29 is 0 Å². The van der Waals surface area contributed by atoms with E-state index in [9.17, 15) is 0 Å². The summed E-state index contributed by atoms with van der Waals surface area (Å²) in [4.78, 5) is 3.70. The van der Waals surface area contributed by atoms with Crippen molar-refractivity contribution in [1.29, 1.82) is 0 Å². The highest BCUT2D eigenvalue weighted by Crippen LogP contribution is 2.57. The Morgan fingerprint density at radius 1 is 0.692 bits per heavy atom. The van der Waals surface area contributed by atoms with Crippen molar-refractivity contribution in [2.75, 3.05) is 9.91 Å². The van der Waals surface area contributed by atoms with Gasteiger partial charge in [0.2, 0.25) is 0 Å². The molecule has 2 heterocycles. The van der Waals surface area contributed by atoms with Crippen molar-refractivity contribution in [1.82, 2.24) is 0 Å². The lowest BCUT2D eigenvalue weighted by Gasteiger charge is -2.45. The highest BCUT2D eigenvalue weighted by atomic mass is 35.5. The third kappa shape index (κ3) is 4.12. The molecule has 0 radical (unpaired) electrons. The molecule has 5 heteroatoms. The number of hydrogen-bond donors (Lipinski definition) is 0. The van der Waals surface area contributed by atoms with Gasteiger partial charge < -0.3 is 0 Å². The average molecular weight is 544 g/mol. The van der Waals surface area contributed by atoms with Crippen LogP contribution in [0.25, 0.3) is 0 Å². The molecule has 0 N–H and O–H groups in total. The molecule has 0 aromatic heterocycles. The van der Waals surface area contributed by atoms with Gasteiger partial charge in [-0.1, -0.05) is 115 Å². The van der Waals surface area contributed by atoms with E-state index in [1.807, 2.05) is 23.9 Å². The van der Waals surface area contributed by atoms with Crippen LogP contribution in [0.5, 0.6) is 0 Å². The molecular formula is C34H26ClN3S. The van der Waals surface area contributed by atoms with E-state index < -0.39 is 5.66 Å². The number of halogens is 1. The zero-order valence-electron chi connectivity index (χ0n) is 21.2. The second-order valence-electron chi connectivity index (χ2n) is 9.78. The Bertz CT molecular complexity index is 1620. The fourth-order valence-corrected chi connectivity index (χ4v) is 7.21. The summed E-state index contributed by atoms with van der Waals surface area (Å²) in [5.41, 5.74) is 5.07. The number of rotatable bonds is 4. The Hall–Kier alpha value is -3.99. The first-order chi connectivity index (χ1) is 19.2. The maximum Gasteiger partial charge on any atom is 0.167 e. The molecule has 3 nitrogen and oxygen atoms in total. The van der Waals surface area contributed by atoms with E-state index >= 15 is 0 Å². The van der Waals surface area contributed by atoms with Crippen molar-refractivity contribution in [2.45, 2.75) is 22.2 Å². The summed E-state index contributed by atoms with van der Waals surface area (Å²) in [5.74, 6) is 0.927. The maximum atomic E-state index is 6.45. The number of anilines is 2. The first kappa shape index (κ1) is 24.1. The molecular weight excluding hydrogens is 518 g/mol. The van der Waals surface area contributed by atoms with Gasteiger partial charge in [-0.3, -0.25) is 4.90 Å². The molecule has 2 aliphatic heterocycles. The molecule has 2 atom stereocenters. The Morgan fingerprint density at radius 3 is 2.03 bits per heavy atom. The van der Waals surface area contributed by atoms with Gasteiger partial charge in [-0.05, 0) is 42.0 Å². The van der Waals surface area contributed by atoms with E-state index in [-0.39, 0.29) is 5.25 Å². The molecule has 0 spiro atoms. The third-order valence-electron chi connectivity index (χ3n) is 7.48. The number of hydrogen-bond acceptors (Lipinski definition) is 4. The summed E-state index contributed by atoms with van der Waals surface area (Å²) in [6.07, 6.45) is 0.798. The molecule has 0 saturated heterocycles. The van der Waals surface area contributed by atoms with Crippen LogP contribution in [-0.2, 0) is 5.66 Å². The zero-order chi connectivity index (χ0) is 26.2. The summed E-state index contributed by atoms with van der Waals surface area (Å²) >= 11 is 8.38. The van der Waals surface area contributed by atoms with Crippen molar-refractivity contribution >= 4 is 40.6 Å². The van der Waals surface area contributed by atoms with Gasteiger partial charge in [0.15, 0.2) is 11.5 Å². The number of para-hydroxylation sites is 2. The molecule has 5 aromatic carbocycles. The second kappa shape index (κ2) is 9.96. The Labute approximate surface area is 238 Å². The van der Waals surface area contributed by atoms with Gasteiger partial charge in [0.1, 0.15) is 0 Å². The molecule has 5 aromatic rings. The summed E-state index contributed by atoms with van der Waals surface area (Å²) in [7, 11) is 0. The maximum absolute atomic E-state index is 6.45. The normalized spacial score (nSPS) is 20.1. The van der Waals surface area contributed by atoms with Gasteiger partial charge in [0.05, 0.1) is 11.4 Å². The SMILES string of the molecule is Clc1ccc([C@]23C[C@@H](c4ccccc4)Sc4ccccc4N2C(c2ccccc2)=NN3c2ccccc2)cc1. The molecule has 0 saturated carbocycles. The molecule has 0 unspecified atom stereocenters. The Morgan fingerprint density at radius 2 is 1.31 bits per heavy atom. The Kier molecular flexibility index (Phi) is 6.15. The smallest absolute Gasteiger partial charge is 0.167 e. The summed E-state index contributed by atoms with van der Waals surface area (Å²) in [6.45, 7) is 0. The monoisotopic (exact) mass is 543 g/mol. The molecule has 0 fully saturated rings. The van der Waals surface area contributed by atoms with Gasteiger partial charge in [-0.15, -0.1) is 11.8 Å². The van der Waals surface area contributed by atoms with Crippen molar-refractivity contribution in [3.8, 4) is 0 Å². The van der Waals surface area contributed by atoms with Crippen molar-refractivity contribution in [2.24, 2.45) is 5.10 Å². The predicted octanol–water partition coefficient (Wildman–Crippen LogP) is 9.12. The molecule has 0 amide bonds. The van der Waals surface area contributed by atoms with Crippen LogP contribution < -0.4 is 9.91 Å². The molecule has 39 heavy (non-hydrogen) atoms. The molecule has 7 rings (SSSR count). The summed E-state index contributed by atoms with van der Waals surface area (Å²) in [5, 5.41) is 8.58. The van der Waals surface area contributed by atoms with Crippen LogP contribution >= 0.6 is 23.4 Å². The standard InChI is InChI=1S/C34H26ClN3S/c35-28-22-20-27(21-23-28)34-24-32(25-12-4-1-5-13-25)39-31-19-11-10-18-30(31)37(34)33(26-14-6-2-7-15-26)36-38(34)29-16-8-3-9-17-29/h1-23,32H,24H2/t32-,34+/m0/s1. The number of thioether (sulfide) groups is 1. The quantitative estimate of drug-likeness (QED) is 0.225. The number of nitrogens with zero attached hydrogens (tertiary/aromatic N) is 3. The number of amidine groups is 1. The van der Waals surface area contributed by atoms with Crippen LogP contribution in [0, 0.1) is 0 Å². The number of fused-ring (bicyclic) bond motifs is 3. The van der Waals surface area contributed by atoms with Crippen LogP contribution in [0.2, 0.25) is 5.02 Å².